The number of carbonyl (C=O) groups excluding carboxylic acids is 5. The summed E-state index contributed by atoms with van der Waals surface area (Å²) in [6.07, 6.45) is 11.5. The number of amides is 1. The summed E-state index contributed by atoms with van der Waals surface area (Å²) in [6.45, 7) is 13.3. The van der Waals surface area contributed by atoms with Gasteiger partial charge in [0.1, 0.15) is 30.5 Å². The topological polar surface area (TPSA) is 194 Å². The van der Waals surface area contributed by atoms with Gasteiger partial charge in [0.2, 0.25) is 5.79 Å². The molecule has 0 aromatic rings. The Morgan fingerprint density at radius 2 is 1.57 bits per heavy atom. The van der Waals surface area contributed by atoms with Crippen molar-refractivity contribution in [2.45, 2.75) is 186 Å². The Morgan fingerprint density at radius 1 is 0.836 bits per heavy atom. The van der Waals surface area contributed by atoms with Crippen molar-refractivity contribution < 1.29 is 67.3 Å². The first-order chi connectivity index (χ1) is 31.8. The molecule has 15 nitrogen and oxygen atoms in total. The molecule has 15 heteroatoms. The van der Waals surface area contributed by atoms with Crippen LogP contribution in [0.25, 0.3) is 0 Å². The van der Waals surface area contributed by atoms with Gasteiger partial charge in [-0.25, -0.2) is 9.59 Å². The van der Waals surface area contributed by atoms with E-state index in [-0.39, 0.29) is 54.9 Å². The Morgan fingerprint density at radius 3 is 2.27 bits per heavy atom. The van der Waals surface area contributed by atoms with E-state index >= 15 is 0 Å². The molecule has 376 valence electrons. The van der Waals surface area contributed by atoms with Crippen molar-refractivity contribution in [3.8, 4) is 0 Å². The molecular weight excluding hydrogens is 863 g/mol. The molecule has 4 aliphatic heterocycles. The Labute approximate surface area is 398 Å². The molecule has 0 aromatic heterocycles. The minimum Gasteiger partial charge on any atom is -0.460 e. The number of methoxy groups -OCH3 is 3. The van der Waals surface area contributed by atoms with E-state index in [4.69, 9.17) is 33.2 Å². The van der Waals surface area contributed by atoms with Crippen LogP contribution in [-0.2, 0) is 52.3 Å². The minimum atomic E-state index is -2.42. The molecule has 16 atom stereocenters. The van der Waals surface area contributed by atoms with Crippen molar-refractivity contribution in [2.75, 3.05) is 27.9 Å². The highest BCUT2D eigenvalue weighted by Gasteiger charge is 2.53. The number of esters is 1. The second-order valence-electron chi connectivity index (χ2n) is 20.2. The van der Waals surface area contributed by atoms with E-state index in [0.717, 1.165) is 12.0 Å². The first-order valence-electron chi connectivity index (χ1n) is 24.6. The molecular formula is C52H79NO14. The van der Waals surface area contributed by atoms with Crippen LogP contribution in [0.3, 0.4) is 0 Å². The summed E-state index contributed by atoms with van der Waals surface area (Å²) in [5, 5.41) is 22.5. The van der Waals surface area contributed by atoms with Crippen LogP contribution in [0.1, 0.15) is 126 Å². The molecule has 1 aliphatic carbocycles. The number of allylic oxidation sites excluding steroid dienone is 6. The fourth-order valence-electron chi connectivity index (χ4n) is 10.9. The van der Waals surface area contributed by atoms with Crippen LogP contribution in [0.15, 0.2) is 47.6 Å². The van der Waals surface area contributed by atoms with E-state index in [9.17, 15) is 34.2 Å². The maximum atomic E-state index is 14.4. The molecule has 3 saturated heterocycles. The average molecular weight is 942 g/mol. The summed E-state index contributed by atoms with van der Waals surface area (Å²) >= 11 is 0. The van der Waals surface area contributed by atoms with Crippen LogP contribution in [0.5, 0.6) is 0 Å². The van der Waals surface area contributed by atoms with Crippen LogP contribution >= 0.6 is 0 Å². The number of nitrogens with zero attached hydrogens (tertiary/aromatic N) is 1. The minimum absolute atomic E-state index is 0.0934. The van der Waals surface area contributed by atoms with Crippen LogP contribution in [0.2, 0.25) is 0 Å². The van der Waals surface area contributed by atoms with E-state index in [1.807, 2.05) is 52.0 Å². The molecule has 5 aliphatic rings. The van der Waals surface area contributed by atoms with Gasteiger partial charge in [-0.15, -0.1) is 0 Å². The molecule has 67 heavy (non-hydrogen) atoms. The number of ether oxygens (including phenoxy) is 7. The molecule has 4 heterocycles. The van der Waals surface area contributed by atoms with Gasteiger partial charge in [0, 0.05) is 52.6 Å². The van der Waals surface area contributed by atoms with Gasteiger partial charge in [-0.1, -0.05) is 71.1 Å². The van der Waals surface area contributed by atoms with Gasteiger partial charge in [0.25, 0.3) is 11.7 Å². The van der Waals surface area contributed by atoms with E-state index < -0.39 is 90.2 Å². The first kappa shape index (κ1) is 54.2. The second kappa shape index (κ2) is 24.7. The molecule has 0 spiro atoms. The van der Waals surface area contributed by atoms with E-state index in [1.165, 1.54) is 4.90 Å². The van der Waals surface area contributed by atoms with Gasteiger partial charge >= 0.3 is 12.1 Å². The quantitative estimate of drug-likeness (QED) is 0.201. The van der Waals surface area contributed by atoms with Gasteiger partial charge < -0.3 is 48.3 Å². The number of aliphatic hydroxyl groups is 2. The lowest BCUT2D eigenvalue weighted by Crippen LogP contribution is -2.61. The predicted molar refractivity (Wildman–Crippen MR) is 249 cm³/mol. The zero-order chi connectivity index (χ0) is 49.2. The van der Waals surface area contributed by atoms with Gasteiger partial charge in [-0.3, -0.25) is 14.4 Å². The summed E-state index contributed by atoms with van der Waals surface area (Å²) in [5.41, 5.74) is 1.28. The maximum absolute atomic E-state index is 14.4. The largest absolute Gasteiger partial charge is 0.509 e. The van der Waals surface area contributed by atoms with Crippen molar-refractivity contribution in [1.82, 2.24) is 4.90 Å². The highest BCUT2D eigenvalue weighted by atomic mass is 16.8. The van der Waals surface area contributed by atoms with Crippen molar-refractivity contribution >= 4 is 29.6 Å². The number of cyclic esters (lactones) is 1. The van der Waals surface area contributed by atoms with Gasteiger partial charge in [0.05, 0.1) is 24.4 Å². The number of rotatable bonds is 6. The number of piperidine rings is 1. The Hall–Kier alpha value is -3.73. The zero-order valence-corrected chi connectivity index (χ0v) is 41.6. The van der Waals surface area contributed by atoms with Crippen LogP contribution in [0.4, 0.5) is 4.79 Å². The third-order valence-electron chi connectivity index (χ3n) is 15.1. The maximum Gasteiger partial charge on any atom is 0.509 e. The third kappa shape index (κ3) is 13.7. The zero-order valence-electron chi connectivity index (χ0n) is 41.6. The summed E-state index contributed by atoms with van der Waals surface area (Å²) in [6, 6.07) is -1.13. The van der Waals surface area contributed by atoms with E-state index in [0.29, 0.717) is 63.4 Å². The van der Waals surface area contributed by atoms with Gasteiger partial charge in [-0.2, -0.15) is 0 Å². The third-order valence-corrected chi connectivity index (χ3v) is 15.1. The van der Waals surface area contributed by atoms with Crippen molar-refractivity contribution in [2.24, 2.45) is 35.5 Å². The van der Waals surface area contributed by atoms with Crippen molar-refractivity contribution in [3.05, 3.63) is 47.6 Å². The number of hydrogen-bond acceptors (Lipinski definition) is 14. The fourth-order valence-corrected chi connectivity index (χ4v) is 10.9. The molecule has 5 rings (SSSR count). The van der Waals surface area contributed by atoms with Crippen molar-refractivity contribution in [1.29, 1.82) is 0 Å². The molecule has 4 bridgehead atoms. The summed E-state index contributed by atoms with van der Waals surface area (Å²) in [5.74, 6) is -6.98. The molecule has 4 fully saturated rings. The Bertz CT molecular complexity index is 1840. The molecule has 1 amide bonds. The highest BCUT2D eigenvalue weighted by molar-refractivity contribution is 6.39. The Kier molecular flexibility index (Phi) is 20.0. The molecule has 0 radical (unpaired) electrons. The normalized spacial score (nSPS) is 38.7. The van der Waals surface area contributed by atoms with Crippen LogP contribution in [-0.4, -0.2) is 133 Å². The van der Waals surface area contributed by atoms with Crippen LogP contribution < -0.4 is 0 Å². The number of aliphatic hydroxyl groups excluding tert-OH is 1. The Balaban J connectivity index is 1.49. The molecule has 2 N–H and O–H groups in total. The lowest BCUT2D eigenvalue weighted by atomic mass is 9.78. The molecule has 3 unspecified atom stereocenters. The van der Waals surface area contributed by atoms with Crippen LogP contribution in [0, 0.1) is 35.5 Å². The predicted octanol–water partition coefficient (Wildman–Crippen LogP) is 7.15. The lowest BCUT2D eigenvalue weighted by molar-refractivity contribution is -0.265. The monoisotopic (exact) mass is 942 g/mol. The lowest BCUT2D eigenvalue weighted by Gasteiger charge is -2.42. The average Bonchev–Trinajstić information content (AvgIpc) is 3.30. The standard InChI is InChI=1S/C52H79NO14/c1-30-16-12-11-13-17-31(2)42(61-8)28-38-21-19-36(7)52(60,67-38)48(56)49(57)53-23-15-14-18-39(53)50(58)64-43(33(4)26-37-20-22-40(54)44(27-37)62-9)29-41(55)32(3)25-35(6)46-47(63-10)45(34(5)24-30)65-51(59)66-46/h11-13,16-17,25,30,33-40,42-47,54,60H,14-15,18-24,26-29H2,1-10H3/t30-,33-,34-,35?,36-,37+,38?,39?,40-,42+,43+,44-,45+,46-,47+,52-/m1/s1. The highest BCUT2D eigenvalue weighted by Crippen LogP contribution is 2.38. The number of ketones is 2. The van der Waals surface area contributed by atoms with Crippen molar-refractivity contribution in [3.63, 3.8) is 0 Å². The number of carbonyl (C=O) groups is 5. The smallest absolute Gasteiger partial charge is 0.460 e. The number of fused-ring (bicyclic) bond motifs is 5. The molecule has 1 saturated carbocycles. The first-order valence-corrected chi connectivity index (χ1v) is 24.6. The summed E-state index contributed by atoms with van der Waals surface area (Å²) in [7, 11) is 4.71. The number of Topliss-reactive ketones (excluding diaryl/α,β-unsaturated/α-hetero) is 2. The number of hydrogen-bond donors (Lipinski definition) is 2. The van der Waals surface area contributed by atoms with E-state index in [2.05, 4.69) is 13.0 Å². The van der Waals surface area contributed by atoms with Gasteiger partial charge in [0.15, 0.2) is 5.78 Å². The molecule has 0 aromatic carbocycles. The fraction of sp³-hybridized carbons (Fsp3) is 0.750. The SMILES string of the molecule is CO[C@H]1[C@H]2OC(=O)O[C@@H]1C(C)C=C(C)C(=O)C[C@@H]([C@H](C)C[C@@H]1CC[C@@H](O)[C@H](OC)C1)OC(=O)C1CCCCN1C(=O)C(=O)[C@]1(O)OC(CC[C@H]1C)C[C@H](OC)C(C)=CC=CC=C[C@@H](C)C[C@H]2C. The van der Waals surface area contributed by atoms with Gasteiger partial charge in [-0.05, 0) is 113 Å². The second-order valence-corrected chi connectivity index (χ2v) is 20.2. The summed E-state index contributed by atoms with van der Waals surface area (Å²) < 4.78 is 41.4. The van der Waals surface area contributed by atoms with E-state index in [1.54, 1.807) is 41.3 Å². The summed E-state index contributed by atoms with van der Waals surface area (Å²) in [4.78, 5) is 71.4.